The lowest BCUT2D eigenvalue weighted by Gasteiger charge is -2.18. The van der Waals surface area contributed by atoms with Crippen LogP contribution in [0.1, 0.15) is 11.1 Å². The Balaban J connectivity index is 2.35. The first-order valence-corrected chi connectivity index (χ1v) is 7.28. The highest BCUT2D eigenvalue weighted by Gasteiger charge is 2.06. The topological polar surface area (TPSA) is 41.3 Å². The molecule has 4 heteroatoms. The van der Waals surface area contributed by atoms with Crippen LogP contribution in [0.15, 0.2) is 34.8 Å². The highest BCUT2D eigenvalue weighted by molar-refractivity contribution is 9.10. The molecule has 0 spiro atoms. The van der Waals surface area contributed by atoms with E-state index in [1.165, 1.54) is 11.3 Å². The molecule has 3 nitrogen and oxygen atoms in total. The Labute approximate surface area is 128 Å². The van der Waals surface area contributed by atoms with E-state index in [2.05, 4.69) is 71.4 Å². The van der Waals surface area contributed by atoms with Crippen molar-refractivity contribution in [2.75, 3.05) is 30.0 Å². The van der Waals surface area contributed by atoms with Gasteiger partial charge in [-0.05, 0) is 65.2 Å². The molecule has 0 heterocycles. The summed E-state index contributed by atoms with van der Waals surface area (Å²) in [7, 11) is 4.10. The fourth-order valence-electron chi connectivity index (χ4n) is 2.12. The van der Waals surface area contributed by atoms with Crippen LogP contribution in [0.4, 0.5) is 22.7 Å². The van der Waals surface area contributed by atoms with Gasteiger partial charge in [0, 0.05) is 35.6 Å². The molecule has 0 fully saturated rings. The van der Waals surface area contributed by atoms with Crippen molar-refractivity contribution in [1.29, 1.82) is 0 Å². The Bertz CT molecular complexity index is 636. The minimum absolute atomic E-state index is 0.792. The van der Waals surface area contributed by atoms with Crippen molar-refractivity contribution in [1.82, 2.24) is 0 Å². The van der Waals surface area contributed by atoms with Gasteiger partial charge in [0.05, 0.1) is 5.69 Å². The molecule has 0 unspecified atom stereocenters. The number of benzene rings is 2. The number of anilines is 4. The molecule has 0 radical (unpaired) electrons. The first-order valence-electron chi connectivity index (χ1n) is 6.49. The van der Waals surface area contributed by atoms with E-state index in [1.807, 2.05) is 13.0 Å². The van der Waals surface area contributed by atoms with Gasteiger partial charge in [0.1, 0.15) is 0 Å². The van der Waals surface area contributed by atoms with Gasteiger partial charge < -0.3 is 16.0 Å². The molecule has 0 bridgehead atoms. The Kier molecular flexibility index (Phi) is 4.23. The molecule has 0 atom stereocenters. The maximum absolute atomic E-state index is 5.90. The average molecular weight is 334 g/mol. The average Bonchev–Trinajstić information content (AvgIpc) is 2.37. The van der Waals surface area contributed by atoms with Crippen LogP contribution in [0.3, 0.4) is 0 Å². The van der Waals surface area contributed by atoms with Crippen LogP contribution in [0.25, 0.3) is 0 Å². The van der Waals surface area contributed by atoms with E-state index >= 15 is 0 Å². The molecule has 2 rings (SSSR count). The zero-order valence-electron chi connectivity index (χ0n) is 12.3. The molecule has 2 aromatic rings. The summed E-state index contributed by atoms with van der Waals surface area (Å²) >= 11 is 3.55. The molecule has 2 aromatic carbocycles. The lowest BCUT2D eigenvalue weighted by molar-refractivity contribution is 1.11. The van der Waals surface area contributed by atoms with Crippen LogP contribution in [0.2, 0.25) is 0 Å². The van der Waals surface area contributed by atoms with Crippen LogP contribution >= 0.6 is 15.9 Å². The van der Waals surface area contributed by atoms with Crippen molar-refractivity contribution in [2.45, 2.75) is 13.8 Å². The maximum atomic E-state index is 5.90. The number of aryl methyl sites for hydroxylation is 2. The molecule has 20 heavy (non-hydrogen) atoms. The van der Waals surface area contributed by atoms with Gasteiger partial charge in [-0.2, -0.15) is 0 Å². The predicted octanol–water partition coefficient (Wildman–Crippen LogP) is 4.46. The Morgan fingerprint density at radius 1 is 1.05 bits per heavy atom. The summed E-state index contributed by atoms with van der Waals surface area (Å²) in [5.74, 6) is 0. The molecule has 0 saturated carbocycles. The summed E-state index contributed by atoms with van der Waals surface area (Å²) in [6, 6.07) is 10.3. The summed E-state index contributed by atoms with van der Waals surface area (Å²) in [6.45, 7) is 4.12. The van der Waals surface area contributed by atoms with Gasteiger partial charge in [-0.1, -0.05) is 6.07 Å². The van der Waals surface area contributed by atoms with Gasteiger partial charge in [0.25, 0.3) is 0 Å². The highest BCUT2D eigenvalue weighted by Crippen LogP contribution is 2.31. The Morgan fingerprint density at radius 2 is 1.75 bits per heavy atom. The van der Waals surface area contributed by atoms with Crippen molar-refractivity contribution < 1.29 is 0 Å². The van der Waals surface area contributed by atoms with Crippen LogP contribution in [-0.4, -0.2) is 14.1 Å². The zero-order chi connectivity index (χ0) is 14.9. The van der Waals surface area contributed by atoms with Crippen LogP contribution in [0.5, 0.6) is 0 Å². The number of nitrogens with zero attached hydrogens (tertiary/aromatic N) is 1. The quantitative estimate of drug-likeness (QED) is 0.815. The predicted molar refractivity (Wildman–Crippen MR) is 92.1 cm³/mol. The molecular formula is C16H20BrN3. The third-order valence-electron chi connectivity index (χ3n) is 3.33. The second kappa shape index (κ2) is 5.75. The molecule has 0 saturated heterocycles. The lowest BCUT2D eigenvalue weighted by Crippen LogP contribution is -2.10. The largest absolute Gasteiger partial charge is 0.398 e. The van der Waals surface area contributed by atoms with E-state index in [0.29, 0.717) is 0 Å². The van der Waals surface area contributed by atoms with Gasteiger partial charge in [0.15, 0.2) is 0 Å². The van der Waals surface area contributed by atoms with E-state index < -0.39 is 0 Å². The van der Waals surface area contributed by atoms with Crippen LogP contribution in [0, 0.1) is 13.8 Å². The number of nitrogen functional groups attached to an aromatic ring is 1. The molecular weight excluding hydrogens is 314 g/mol. The van der Waals surface area contributed by atoms with Gasteiger partial charge in [0.2, 0.25) is 0 Å². The summed E-state index contributed by atoms with van der Waals surface area (Å²) in [4.78, 5) is 2.11. The van der Waals surface area contributed by atoms with E-state index in [9.17, 15) is 0 Å². The summed E-state index contributed by atoms with van der Waals surface area (Å²) in [5, 5.41) is 3.43. The first-order chi connectivity index (χ1) is 9.38. The molecule has 0 aliphatic carbocycles. The summed E-state index contributed by atoms with van der Waals surface area (Å²) in [5.41, 5.74) is 12.3. The van der Waals surface area contributed by atoms with Crippen molar-refractivity contribution in [3.05, 3.63) is 45.9 Å². The van der Waals surface area contributed by atoms with E-state index in [1.54, 1.807) is 0 Å². The molecule has 0 aliphatic heterocycles. The number of nitrogens with two attached hydrogens (primary N) is 1. The third kappa shape index (κ3) is 3.07. The van der Waals surface area contributed by atoms with Gasteiger partial charge in [-0.3, -0.25) is 0 Å². The molecule has 0 amide bonds. The van der Waals surface area contributed by atoms with Crippen LogP contribution in [-0.2, 0) is 0 Å². The van der Waals surface area contributed by atoms with Crippen molar-refractivity contribution in [3.63, 3.8) is 0 Å². The van der Waals surface area contributed by atoms with Gasteiger partial charge in [-0.25, -0.2) is 0 Å². The second-order valence-corrected chi connectivity index (χ2v) is 6.06. The molecule has 106 valence electrons. The third-order valence-corrected chi connectivity index (χ3v) is 3.98. The highest BCUT2D eigenvalue weighted by atomic mass is 79.9. The molecule has 0 aliphatic rings. The fraction of sp³-hybridized carbons (Fsp3) is 0.250. The Morgan fingerprint density at radius 3 is 2.40 bits per heavy atom. The number of halogens is 1. The summed E-state index contributed by atoms with van der Waals surface area (Å²) in [6.07, 6.45) is 0. The van der Waals surface area contributed by atoms with Gasteiger partial charge in [-0.15, -0.1) is 0 Å². The van der Waals surface area contributed by atoms with Crippen molar-refractivity contribution in [3.8, 4) is 0 Å². The van der Waals surface area contributed by atoms with Gasteiger partial charge >= 0.3 is 0 Å². The van der Waals surface area contributed by atoms with Crippen molar-refractivity contribution >= 4 is 38.7 Å². The lowest BCUT2D eigenvalue weighted by atomic mass is 10.1. The minimum atomic E-state index is 0.792. The minimum Gasteiger partial charge on any atom is -0.398 e. The van der Waals surface area contributed by atoms with Crippen molar-refractivity contribution in [2.24, 2.45) is 0 Å². The molecule has 3 N–H and O–H groups in total. The number of rotatable bonds is 3. The zero-order valence-corrected chi connectivity index (χ0v) is 13.9. The number of hydrogen-bond donors (Lipinski definition) is 2. The monoisotopic (exact) mass is 333 g/mol. The number of hydrogen-bond acceptors (Lipinski definition) is 3. The first kappa shape index (κ1) is 14.7. The Hall–Kier alpha value is -1.68. The van der Waals surface area contributed by atoms with Crippen LogP contribution < -0.4 is 16.0 Å². The SMILES string of the molecule is Cc1cc(Nc2ccc(C)c(N(C)C)c2)c(Br)cc1N. The fourth-order valence-corrected chi connectivity index (χ4v) is 2.58. The second-order valence-electron chi connectivity index (χ2n) is 5.21. The normalized spacial score (nSPS) is 10.4. The maximum Gasteiger partial charge on any atom is 0.0532 e. The van der Waals surface area contributed by atoms with E-state index in [4.69, 9.17) is 5.73 Å². The molecule has 0 aromatic heterocycles. The smallest absolute Gasteiger partial charge is 0.0532 e. The van der Waals surface area contributed by atoms with E-state index in [-0.39, 0.29) is 0 Å². The summed E-state index contributed by atoms with van der Waals surface area (Å²) < 4.78 is 0.965. The standard InChI is InChI=1S/C16H20BrN3/c1-10-5-6-12(8-16(10)20(3)4)19-15-7-11(2)14(18)9-13(15)17/h5-9,19H,18H2,1-4H3. The number of nitrogens with one attached hydrogen (secondary N) is 1. The van der Waals surface area contributed by atoms with E-state index in [0.717, 1.165) is 27.1 Å².